The summed E-state index contributed by atoms with van der Waals surface area (Å²) in [6, 6.07) is 8.49. The zero-order chi connectivity index (χ0) is 13.9. The fourth-order valence-corrected chi connectivity index (χ4v) is 2.02. The second-order valence-electron chi connectivity index (χ2n) is 5.08. The third-order valence-corrected chi connectivity index (χ3v) is 3.31. The minimum absolute atomic E-state index is 0.256. The molecule has 3 rings (SSSR count). The molecule has 0 atom stereocenters. The van der Waals surface area contributed by atoms with Gasteiger partial charge in [-0.05, 0) is 37.5 Å². The van der Waals surface area contributed by atoms with E-state index < -0.39 is 0 Å². The Hall–Kier alpha value is -2.14. The molecular weight excluding hydrogens is 254 g/mol. The largest absolute Gasteiger partial charge is 0.438 e. The van der Waals surface area contributed by atoms with Crippen LogP contribution in [0.25, 0.3) is 0 Å². The molecule has 0 bridgehead atoms. The Bertz CT molecular complexity index is 617. The molecule has 2 N–H and O–H groups in total. The van der Waals surface area contributed by atoms with Crippen LogP contribution in [0.15, 0.2) is 35.1 Å². The van der Waals surface area contributed by atoms with Crippen LogP contribution in [0.4, 0.5) is 5.69 Å². The summed E-state index contributed by atoms with van der Waals surface area (Å²) in [6.45, 7) is 2.57. The molecule has 5 nitrogen and oxygen atoms in total. The number of hydrogen-bond acceptors (Lipinski definition) is 4. The quantitative estimate of drug-likeness (QED) is 0.876. The normalized spacial score (nSPS) is 14.2. The number of anilines is 1. The number of hydrogen-bond donors (Lipinski definition) is 2. The molecule has 104 valence electrons. The number of carbonyl (C=O) groups excluding carboxylic acids is 1. The van der Waals surface area contributed by atoms with Crippen molar-refractivity contribution in [3.8, 4) is 0 Å². The van der Waals surface area contributed by atoms with Crippen molar-refractivity contribution in [3.05, 3.63) is 47.7 Å². The number of rotatable bonds is 5. The molecule has 0 spiro atoms. The van der Waals surface area contributed by atoms with Gasteiger partial charge in [-0.25, -0.2) is 4.98 Å². The Morgan fingerprint density at radius 3 is 3.00 bits per heavy atom. The highest BCUT2D eigenvalue weighted by molar-refractivity contribution is 6.02. The average Bonchev–Trinajstić information content (AvgIpc) is 3.17. The molecule has 1 aliphatic rings. The average molecular weight is 271 g/mol. The molecule has 0 aliphatic heterocycles. The van der Waals surface area contributed by atoms with Crippen molar-refractivity contribution in [3.63, 3.8) is 0 Å². The number of benzene rings is 1. The molecule has 1 fully saturated rings. The predicted octanol–water partition coefficient (Wildman–Crippen LogP) is 2.49. The second-order valence-corrected chi connectivity index (χ2v) is 5.08. The highest BCUT2D eigenvalue weighted by Gasteiger charge is 2.20. The summed E-state index contributed by atoms with van der Waals surface area (Å²) < 4.78 is 5.08. The van der Waals surface area contributed by atoms with Crippen molar-refractivity contribution in [1.29, 1.82) is 0 Å². The maximum absolute atomic E-state index is 12.0. The Balaban J connectivity index is 1.65. The van der Waals surface area contributed by atoms with Gasteiger partial charge in [0.25, 0.3) is 5.91 Å². The number of carbonyl (C=O) groups is 1. The Morgan fingerprint density at radius 1 is 1.45 bits per heavy atom. The monoisotopic (exact) mass is 271 g/mol. The lowest BCUT2D eigenvalue weighted by molar-refractivity contribution is 0.0996. The van der Waals surface area contributed by atoms with Gasteiger partial charge in [-0.1, -0.05) is 12.1 Å². The minimum atomic E-state index is -0.271. The third kappa shape index (κ3) is 3.05. The molecule has 0 saturated heterocycles. The van der Waals surface area contributed by atoms with Crippen LogP contribution in [-0.2, 0) is 6.54 Å². The van der Waals surface area contributed by atoms with Gasteiger partial charge in [0.2, 0.25) is 5.76 Å². The van der Waals surface area contributed by atoms with Crippen molar-refractivity contribution in [2.45, 2.75) is 32.4 Å². The van der Waals surface area contributed by atoms with E-state index in [1.54, 1.807) is 6.92 Å². The summed E-state index contributed by atoms with van der Waals surface area (Å²) in [4.78, 5) is 15.9. The van der Waals surface area contributed by atoms with Gasteiger partial charge >= 0.3 is 0 Å². The van der Waals surface area contributed by atoms with Gasteiger partial charge in [0.05, 0.1) is 5.69 Å². The van der Waals surface area contributed by atoms with E-state index in [-0.39, 0.29) is 11.7 Å². The van der Waals surface area contributed by atoms with Gasteiger partial charge in [0.1, 0.15) is 0 Å². The first-order valence-electron chi connectivity index (χ1n) is 6.76. The van der Waals surface area contributed by atoms with E-state index in [0.29, 0.717) is 11.7 Å². The first-order chi connectivity index (χ1) is 9.72. The first-order valence-corrected chi connectivity index (χ1v) is 6.76. The molecule has 5 heteroatoms. The van der Waals surface area contributed by atoms with Gasteiger partial charge in [0.15, 0.2) is 6.39 Å². The van der Waals surface area contributed by atoms with Crippen LogP contribution in [0.3, 0.4) is 0 Å². The van der Waals surface area contributed by atoms with E-state index in [4.69, 9.17) is 4.42 Å². The van der Waals surface area contributed by atoms with Crippen molar-refractivity contribution >= 4 is 11.6 Å². The standard InChI is InChI=1S/C15H17N3O2/c1-10-14(20-9-17-10)15(19)18-13-4-2-3-11(7-13)8-16-12-5-6-12/h2-4,7,9,12,16H,5-6,8H2,1H3,(H,18,19). The summed E-state index contributed by atoms with van der Waals surface area (Å²) in [5, 5.41) is 6.28. The Morgan fingerprint density at radius 2 is 2.30 bits per heavy atom. The molecule has 1 aromatic heterocycles. The lowest BCUT2D eigenvalue weighted by Crippen LogP contribution is -2.16. The van der Waals surface area contributed by atoms with Gasteiger partial charge in [-0.3, -0.25) is 4.79 Å². The molecule has 2 aromatic rings. The maximum atomic E-state index is 12.0. The summed E-state index contributed by atoms with van der Waals surface area (Å²) in [7, 11) is 0. The molecule has 1 aliphatic carbocycles. The minimum Gasteiger partial charge on any atom is -0.438 e. The highest BCUT2D eigenvalue weighted by Crippen LogP contribution is 2.20. The van der Waals surface area contributed by atoms with Crippen LogP contribution < -0.4 is 10.6 Å². The van der Waals surface area contributed by atoms with E-state index in [1.807, 2.05) is 24.3 Å². The lowest BCUT2D eigenvalue weighted by atomic mass is 10.2. The molecule has 1 amide bonds. The summed E-state index contributed by atoms with van der Waals surface area (Å²) >= 11 is 0. The van der Waals surface area contributed by atoms with Crippen molar-refractivity contribution in [2.75, 3.05) is 5.32 Å². The van der Waals surface area contributed by atoms with Crippen LogP contribution in [0.2, 0.25) is 0 Å². The van der Waals surface area contributed by atoms with E-state index in [9.17, 15) is 4.79 Å². The third-order valence-electron chi connectivity index (χ3n) is 3.31. The number of nitrogens with one attached hydrogen (secondary N) is 2. The van der Waals surface area contributed by atoms with Gasteiger partial charge < -0.3 is 15.1 Å². The second kappa shape index (κ2) is 5.46. The van der Waals surface area contributed by atoms with Crippen molar-refractivity contribution in [1.82, 2.24) is 10.3 Å². The van der Waals surface area contributed by atoms with E-state index in [2.05, 4.69) is 15.6 Å². The van der Waals surface area contributed by atoms with Crippen molar-refractivity contribution in [2.24, 2.45) is 0 Å². The maximum Gasteiger partial charge on any atom is 0.293 e. The predicted molar refractivity (Wildman–Crippen MR) is 75.5 cm³/mol. The smallest absolute Gasteiger partial charge is 0.293 e. The molecule has 20 heavy (non-hydrogen) atoms. The molecule has 0 unspecified atom stereocenters. The van der Waals surface area contributed by atoms with Gasteiger partial charge in [-0.15, -0.1) is 0 Å². The summed E-state index contributed by atoms with van der Waals surface area (Å²) in [5.74, 6) is -0.0150. The first kappa shape index (κ1) is 12.9. The fraction of sp³-hybridized carbons (Fsp3) is 0.333. The van der Waals surface area contributed by atoms with Gasteiger partial charge in [-0.2, -0.15) is 0 Å². The Kier molecular flexibility index (Phi) is 3.52. The number of aryl methyl sites for hydroxylation is 1. The van der Waals surface area contributed by atoms with Crippen LogP contribution in [-0.4, -0.2) is 16.9 Å². The SMILES string of the molecule is Cc1ncoc1C(=O)Nc1cccc(CNC2CC2)c1. The molecule has 1 aromatic carbocycles. The van der Waals surface area contributed by atoms with Crippen LogP contribution in [0, 0.1) is 6.92 Å². The molecule has 1 saturated carbocycles. The van der Waals surface area contributed by atoms with E-state index in [0.717, 1.165) is 17.8 Å². The van der Waals surface area contributed by atoms with E-state index in [1.165, 1.54) is 19.2 Å². The van der Waals surface area contributed by atoms with Crippen molar-refractivity contribution < 1.29 is 9.21 Å². The zero-order valence-electron chi connectivity index (χ0n) is 11.3. The van der Waals surface area contributed by atoms with Crippen LogP contribution >= 0.6 is 0 Å². The number of oxazole rings is 1. The zero-order valence-corrected chi connectivity index (χ0v) is 11.3. The Labute approximate surface area is 117 Å². The number of amides is 1. The lowest BCUT2D eigenvalue weighted by Gasteiger charge is -2.07. The fourth-order valence-electron chi connectivity index (χ4n) is 2.02. The van der Waals surface area contributed by atoms with Crippen LogP contribution in [0.5, 0.6) is 0 Å². The number of aromatic nitrogens is 1. The molecule has 0 radical (unpaired) electrons. The summed E-state index contributed by atoms with van der Waals surface area (Å²) in [6.07, 6.45) is 3.81. The van der Waals surface area contributed by atoms with Crippen LogP contribution in [0.1, 0.15) is 34.7 Å². The summed E-state index contributed by atoms with van der Waals surface area (Å²) in [5.41, 5.74) is 2.51. The van der Waals surface area contributed by atoms with Gasteiger partial charge in [0, 0.05) is 18.3 Å². The molecule has 1 heterocycles. The topological polar surface area (TPSA) is 67.2 Å². The highest BCUT2D eigenvalue weighted by atomic mass is 16.3. The number of nitrogens with zero attached hydrogens (tertiary/aromatic N) is 1. The molecular formula is C15H17N3O2. The van der Waals surface area contributed by atoms with E-state index >= 15 is 0 Å².